The third-order valence-corrected chi connectivity index (χ3v) is 10.2. The van der Waals surface area contributed by atoms with E-state index in [9.17, 15) is 14.4 Å². The van der Waals surface area contributed by atoms with Crippen LogP contribution in [-0.2, 0) is 9.59 Å². The molecule has 2 heterocycles. The average Bonchev–Trinajstić information content (AvgIpc) is 3.47. The van der Waals surface area contributed by atoms with Crippen LogP contribution in [0.2, 0.25) is 10.0 Å². The van der Waals surface area contributed by atoms with Crippen LogP contribution >= 0.6 is 34.5 Å². The monoisotopic (exact) mass is 647 g/mol. The molecule has 10 heteroatoms. The molecule has 2 amide bonds. The van der Waals surface area contributed by atoms with Crippen LogP contribution in [0.25, 0.3) is 0 Å². The number of hydrogen-bond donors (Lipinski definition) is 2. The first kappa shape index (κ1) is 33.5. The normalized spacial score (nSPS) is 21.7. The van der Waals surface area contributed by atoms with Gasteiger partial charge in [-0.1, -0.05) is 64.7 Å². The second kappa shape index (κ2) is 12.9. The van der Waals surface area contributed by atoms with Crippen molar-refractivity contribution in [2.75, 3.05) is 6.54 Å². The molecule has 1 fully saturated rings. The van der Waals surface area contributed by atoms with E-state index >= 15 is 0 Å². The van der Waals surface area contributed by atoms with Crippen molar-refractivity contribution >= 4 is 58.0 Å². The summed E-state index contributed by atoms with van der Waals surface area (Å²) in [5.41, 5.74) is 0.462. The van der Waals surface area contributed by atoms with Crippen LogP contribution in [0.1, 0.15) is 113 Å². The number of carboxylic acids is 1. The molecule has 0 saturated heterocycles. The van der Waals surface area contributed by atoms with Crippen molar-refractivity contribution in [2.24, 2.45) is 21.7 Å². The molecule has 234 valence electrons. The summed E-state index contributed by atoms with van der Waals surface area (Å²) in [4.78, 5) is 47.0. The van der Waals surface area contributed by atoms with Crippen molar-refractivity contribution in [1.29, 1.82) is 0 Å². The number of hydrogen-bond acceptors (Lipinski definition) is 5. The summed E-state index contributed by atoms with van der Waals surface area (Å²) in [6, 6.07) is 8.55. The lowest BCUT2D eigenvalue weighted by atomic mass is 9.69. The second-order valence-corrected chi connectivity index (χ2v) is 16.1. The highest BCUT2D eigenvalue weighted by Crippen LogP contribution is 2.51. The molecule has 0 radical (unpaired) electrons. The number of rotatable bonds is 9. The number of carboxylic acid groups (broad SMARTS) is 1. The first-order valence-corrected chi connectivity index (χ1v) is 16.6. The van der Waals surface area contributed by atoms with Crippen molar-refractivity contribution < 1.29 is 19.5 Å². The van der Waals surface area contributed by atoms with E-state index in [1.54, 1.807) is 24.3 Å². The molecule has 2 aliphatic rings. The van der Waals surface area contributed by atoms with E-state index in [0.29, 0.717) is 38.5 Å². The minimum Gasteiger partial charge on any atom is -0.481 e. The Morgan fingerprint density at radius 1 is 1.09 bits per heavy atom. The Balaban J connectivity index is 1.75. The molecule has 1 atom stereocenters. The van der Waals surface area contributed by atoms with Gasteiger partial charge >= 0.3 is 5.97 Å². The highest BCUT2D eigenvalue weighted by atomic mass is 35.5. The molecule has 0 bridgehead atoms. The van der Waals surface area contributed by atoms with Gasteiger partial charge in [-0.3, -0.25) is 19.4 Å². The lowest BCUT2D eigenvalue weighted by molar-refractivity contribution is -0.137. The van der Waals surface area contributed by atoms with Crippen LogP contribution in [-0.4, -0.2) is 45.7 Å². The molecule has 1 aromatic carbocycles. The topological polar surface area (TPSA) is 99.1 Å². The van der Waals surface area contributed by atoms with Gasteiger partial charge in [0.25, 0.3) is 11.8 Å². The number of carbonyl (C=O) groups is 3. The van der Waals surface area contributed by atoms with E-state index in [-0.39, 0.29) is 41.7 Å². The van der Waals surface area contributed by atoms with Gasteiger partial charge in [0, 0.05) is 27.0 Å². The fraction of sp³-hybridized carbons (Fsp3) is 0.576. The van der Waals surface area contributed by atoms with Crippen molar-refractivity contribution in [3.05, 3.63) is 55.7 Å². The van der Waals surface area contributed by atoms with Gasteiger partial charge < -0.3 is 15.3 Å². The maximum atomic E-state index is 14.5. The van der Waals surface area contributed by atoms with E-state index in [4.69, 9.17) is 33.3 Å². The molecule has 1 aromatic heterocycles. The maximum Gasteiger partial charge on any atom is 0.305 e. The predicted molar refractivity (Wildman–Crippen MR) is 174 cm³/mol. The number of nitrogens with one attached hydrogen (secondary N) is 1. The largest absolute Gasteiger partial charge is 0.481 e. The van der Waals surface area contributed by atoms with Crippen LogP contribution in [0.15, 0.2) is 35.3 Å². The van der Waals surface area contributed by atoms with Gasteiger partial charge in [-0.05, 0) is 85.6 Å². The van der Waals surface area contributed by atoms with Gasteiger partial charge in [-0.25, -0.2) is 0 Å². The maximum absolute atomic E-state index is 14.5. The molecular formula is C33H43Cl2N3O4S. The number of carbonyl (C=O) groups excluding carboxylic acids is 2. The number of aliphatic imine (C=N–C) groups is 1. The molecule has 2 aromatic rings. The minimum absolute atomic E-state index is 0.0243. The van der Waals surface area contributed by atoms with Crippen molar-refractivity contribution in [2.45, 2.75) is 98.2 Å². The Bertz CT molecular complexity index is 1380. The number of halogens is 2. The summed E-state index contributed by atoms with van der Waals surface area (Å²) >= 11 is 14.1. The van der Waals surface area contributed by atoms with Crippen LogP contribution in [0.3, 0.4) is 0 Å². The molecule has 1 saturated carbocycles. The summed E-state index contributed by atoms with van der Waals surface area (Å²) in [5, 5.41) is 12.5. The molecule has 1 aliphatic heterocycles. The lowest BCUT2D eigenvalue weighted by Gasteiger charge is -2.47. The highest BCUT2D eigenvalue weighted by Gasteiger charge is 2.53. The first-order chi connectivity index (χ1) is 20.0. The van der Waals surface area contributed by atoms with E-state index in [2.05, 4.69) is 46.9 Å². The Labute approximate surface area is 269 Å². The number of benzene rings is 1. The zero-order chi connectivity index (χ0) is 31.7. The van der Waals surface area contributed by atoms with E-state index in [0.717, 1.165) is 37.0 Å². The van der Waals surface area contributed by atoms with Gasteiger partial charge in [0.1, 0.15) is 11.4 Å². The number of amides is 2. The SMILES string of the molecule is CC(C)(C)CCC(c1ccc(C(=O)NCCC(=O)O)s1)N1C(=O)C(c2cc(Cl)cc(Cl)c2)=NC12CCC(C(C)(C)C)CC2. The van der Waals surface area contributed by atoms with E-state index < -0.39 is 11.6 Å². The number of thiophene rings is 1. The minimum atomic E-state index is -0.967. The van der Waals surface area contributed by atoms with E-state index in [1.807, 2.05) is 11.0 Å². The molecule has 1 spiro atoms. The molecule has 4 rings (SSSR count). The molecule has 2 N–H and O–H groups in total. The standard InChI is InChI=1S/C33H43Cl2N3O4S/c1-31(2,3)13-11-24(25-7-8-26(43-25)29(41)36-16-12-27(39)40)38-30(42)28(20-17-22(34)19-23(35)18-20)37-33(38)14-9-21(10-15-33)32(4,5)6/h7-8,17-19,21,24H,9-16H2,1-6H3,(H,36,41)(H,39,40). The number of nitrogens with zero attached hydrogens (tertiary/aromatic N) is 2. The van der Waals surface area contributed by atoms with Crippen molar-refractivity contribution in [3.8, 4) is 0 Å². The van der Waals surface area contributed by atoms with Crippen LogP contribution in [0, 0.1) is 16.7 Å². The van der Waals surface area contributed by atoms with Crippen molar-refractivity contribution in [3.63, 3.8) is 0 Å². The summed E-state index contributed by atoms with van der Waals surface area (Å²) in [7, 11) is 0. The summed E-state index contributed by atoms with van der Waals surface area (Å²) < 4.78 is 0. The Morgan fingerprint density at radius 3 is 2.28 bits per heavy atom. The summed E-state index contributed by atoms with van der Waals surface area (Å²) in [6.07, 6.45) is 4.82. The smallest absolute Gasteiger partial charge is 0.305 e. The first-order valence-electron chi connectivity index (χ1n) is 15.0. The van der Waals surface area contributed by atoms with Gasteiger partial charge in [0.15, 0.2) is 0 Å². The van der Waals surface area contributed by atoms with Gasteiger partial charge in [0.2, 0.25) is 0 Å². The summed E-state index contributed by atoms with van der Waals surface area (Å²) in [5.74, 6) is -0.908. The third kappa shape index (κ3) is 8.00. The Hall–Kier alpha value is -2.42. The van der Waals surface area contributed by atoms with Gasteiger partial charge in [0.05, 0.1) is 17.3 Å². The van der Waals surface area contributed by atoms with Gasteiger partial charge in [-0.2, -0.15) is 0 Å². The quantitative estimate of drug-likeness (QED) is 0.285. The average molecular weight is 649 g/mol. The highest BCUT2D eigenvalue weighted by molar-refractivity contribution is 7.14. The molecule has 43 heavy (non-hydrogen) atoms. The van der Waals surface area contributed by atoms with Crippen LogP contribution in [0.4, 0.5) is 0 Å². The molecule has 7 nitrogen and oxygen atoms in total. The Morgan fingerprint density at radius 2 is 1.72 bits per heavy atom. The number of aliphatic carboxylic acids is 1. The predicted octanol–water partition coefficient (Wildman–Crippen LogP) is 8.39. The van der Waals surface area contributed by atoms with Crippen LogP contribution < -0.4 is 5.32 Å². The molecule has 1 aliphatic carbocycles. The molecular weight excluding hydrogens is 605 g/mol. The zero-order valence-electron chi connectivity index (χ0n) is 25.9. The van der Waals surface area contributed by atoms with Crippen LogP contribution in [0.5, 0.6) is 0 Å². The Kier molecular flexibility index (Phi) is 10.0. The molecule has 1 unspecified atom stereocenters. The summed E-state index contributed by atoms with van der Waals surface area (Å²) in [6.45, 7) is 13.4. The lowest BCUT2D eigenvalue weighted by Crippen LogP contribution is -2.51. The van der Waals surface area contributed by atoms with E-state index in [1.165, 1.54) is 11.3 Å². The zero-order valence-corrected chi connectivity index (χ0v) is 28.3. The fourth-order valence-corrected chi connectivity index (χ4v) is 7.79. The van der Waals surface area contributed by atoms with Gasteiger partial charge in [-0.15, -0.1) is 11.3 Å². The fourth-order valence-electron chi connectivity index (χ4n) is 6.21. The van der Waals surface area contributed by atoms with Crippen molar-refractivity contribution in [1.82, 2.24) is 10.2 Å². The second-order valence-electron chi connectivity index (χ2n) is 14.1. The third-order valence-electron chi connectivity index (χ3n) is 8.62.